The van der Waals surface area contributed by atoms with Crippen molar-refractivity contribution in [1.82, 2.24) is 0 Å². The van der Waals surface area contributed by atoms with Gasteiger partial charge in [0.05, 0.1) is 5.60 Å². The van der Waals surface area contributed by atoms with Gasteiger partial charge in [-0.15, -0.1) is 0 Å². The van der Waals surface area contributed by atoms with Crippen molar-refractivity contribution in [2.45, 2.75) is 38.9 Å². The van der Waals surface area contributed by atoms with Gasteiger partial charge in [0.1, 0.15) is 11.4 Å². The number of rotatable bonds is 4. The largest absolute Gasteiger partial charge is 0.485 e. The van der Waals surface area contributed by atoms with E-state index in [1.807, 2.05) is 58.0 Å². The molecule has 0 fully saturated rings. The molecule has 0 bridgehead atoms. The summed E-state index contributed by atoms with van der Waals surface area (Å²) in [4.78, 5) is 0. The molecule has 0 saturated heterocycles. The molecule has 0 aliphatic rings. The molecule has 82 valence electrons. The van der Waals surface area contributed by atoms with Gasteiger partial charge in [-0.2, -0.15) is 0 Å². The van der Waals surface area contributed by atoms with E-state index in [1.165, 1.54) is 0 Å². The lowest BCUT2D eigenvalue weighted by molar-refractivity contribution is -0.0697. The van der Waals surface area contributed by atoms with Crippen LogP contribution in [0.3, 0.4) is 0 Å². The third-order valence-electron chi connectivity index (χ3n) is 3.08. The predicted octanol–water partition coefficient (Wildman–Crippen LogP) is 2.19. The molecule has 15 heavy (non-hydrogen) atoms. The zero-order valence-electron chi connectivity index (χ0n) is 10.2. The molecule has 0 aromatic heterocycles. The fourth-order valence-electron chi connectivity index (χ4n) is 1.15. The summed E-state index contributed by atoms with van der Waals surface area (Å²) < 4.78 is 11.4. The van der Waals surface area contributed by atoms with E-state index in [2.05, 4.69) is 0 Å². The van der Waals surface area contributed by atoms with Crippen LogP contribution in [-0.4, -0.2) is 19.3 Å². The summed E-state index contributed by atoms with van der Waals surface area (Å²) in [5.41, 5.74) is -0.702. The minimum Gasteiger partial charge on any atom is -0.485 e. The summed E-state index contributed by atoms with van der Waals surface area (Å²) >= 11 is 0. The van der Waals surface area contributed by atoms with Crippen LogP contribution in [0.4, 0.5) is 0 Å². The third kappa shape index (κ3) is 2.75. The van der Waals surface area contributed by atoms with Crippen molar-refractivity contribution in [3.8, 4) is 5.75 Å². The maximum atomic E-state index is 5.93. The van der Waals surface area contributed by atoms with Crippen LogP contribution in [0.25, 0.3) is 0 Å². The topological polar surface area (TPSA) is 18.5 Å². The van der Waals surface area contributed by atoms with Crippen LogP contribution in [0.15, 0.2) is 30.3 Å². The zero-order chi connectivity index (χ0) is 11.5. The summed E-state index contributed by atoms with van der Waals surface area (Å²) in [6.07, 6.45) is 0. The van der Waals surface area contributed by atoms with Crippen LogP contribution in [0.2, 0.25) is 0 Å². The molecule has 0 aliphatic carbocycles. The molecule has 1 rings (SSSR count). The van der Waals surface area contributed by atoms with E-state index in [4.69, 9.17) is 9.39 Å². The van der Waals surface area contributed by atoms with Crippen molar-refractivity contribution in [2.75, 3.05) is 0 Å². The Morgan fingerprint density at radius 1 is 0.933 bits per heavy atom. The molecule has 3 heteroatoms. The molecule has 0 N–H and O–H groups in total. The maximum absolute atomic E-state index is 5.93. The second-order valence-corrected chi connectivity index (χ2v) is 4.64. The Balaban J connectivity index is 2.81. The van der Waals surface area contributed by atoms with Gasteiger partial charge >= 0.3 is 0 Å². The lowest BCUT2D eigenvalue weighted by Crippen LogP contribution is -2.51. The van der Waals surface area contributed by atoms with Gasteiger partial charge in [-0.05, 0) is 39.8 Å². The Labute approximate surface area is 93.0 Å². The molecule has 0 amide bonds. The third-order valence-corrected chi connectivity index (χ3v) is 3.08. The molecular weight excluding hydrogens is 187 g/mol. The Bertz CT molecular complexity index is 307. The van der Waals surface area contributed by atoms with Gasteiger partial charge in [0.15, 0.2) is 0 Å². The molecule has 0 atom stereocenters. The van der Waals surface area contributed by atoms with Crippen LogP contribution in [0.1, 0.15) is 27.7 Å². The van der Waals surface area contributed by atoms with Gasteiger partial charge in [0.2, 0.25) is 0 Å². The fourth-order valence-corrected chi connectivity index (χ4v) is 1.15. The van der Waals surface area contributed by atoms with Crippen LogP contribution in [0, 0.1) is 0 Å². The maximum Gasteiger partial charge on any atom is 0.258 e. The van der Waals surface area contributed by atoms with Crippen molar-refractivity contribution in [1.29, 1.82) is 0 Å². The van der Waals surface area contributed by atoms with Crippen molar-refractivity contribution in [2.24, 2.45) is 0 Å². The summed E-state index contributed by atoms with van der Waals surface area (Å²) in [5.74, 6) is 0.868. The molecule has 0 unspecified atom stereocenters. The lowest BCUT2D eigenvalue weighted by Gasteiger charge is -2.41. The second kappa shape index (κ2) is 4.27. The normalized spacial score (nSPS) is 12.5. The number of para-hydroxylation sites is 1. The standard InChI is InChI=1S/C12H19BO2/c1-11(2,12(3,4)15-13)14-10-8-6-5-7-9-10/h5-9H,13H2,1-4H3. The first-order valence-corrected chi connectivity index (χ1v) is 5.18. The van der Waals surface area contributed by atoms with Crippen molar-refractivity contribution in [3.63, 3.8) is 0 Å². The van der Waals surface area contributed by atoms with E-state index in [9.17, 15) is 0 Å². The van der Waals surface area contributed by atoms with Gasteiger partial charge in [0, 0.05) is 0 Å². The number of hydrogen-bond donors (Lipinski definition) is 0. The minimum atomic E-state index is -0.372. The first-order valence-electron chi connectivity index (χ1n) is 5.18. The molecule has 0 spiro atoms. The molecule has 0 saturated carbocycles. The lowest BCUT2D eigenvalue weighted by atomic mass is 9.88. The summed E-state index contributed by atoms with van der Waals surface area (Å²) in [6.45, 7) is 8.11. The van der Waals surface area contributed by atoms with Crippen LogP contribution >= 0.6 is 0 Å². The predicted molar refractivity (Wildman–Crippen MR) is 64.9 cm³/mol. The van der Waals surface area contributed by atoms with Crippen molar-refractivity contribution >= 4 is 8.05 Å². The first kappa shape index (κ1) is 12.1. The first-order chi connectivity index (χ1) is 6.89. The average Bonchev–Trinajstić information content (AvgIpc) is 2.18. The van der Waals surface area contributed by atoms with Gasteiger partial charge in [-0.25, -0.2) is 0 Å². The molecule has 1 aromatic rings. The summed E-state index contributed by atoms with van der Waals surface area (Å²) in [5, 5.41) is 0. The van der Waals surface area contributed by atoms with Crippen LogP contribution in [-0.2, 0) is 4.65 Å². The Morgan fingerprint density at radius 2 is 1.47 bits per heavy atom. The fraction of sp³-hybridized carbons (Fsp3) is 0.500. The van der Waals surface area contributed by atoms with E-state index in [0.717, 1.165) is 5.75 Å². The van der Waals surface area contributed by atoms with E-state index in [1.54, 1.807) is 8.05 Å². The Kier molecular flexibility index (Phi) is 3.45. The average molecular weight is 206 g/mol. The number of ether oxygens (including phenoxy) is 1. The van der Waals surface area contributed by atoms with E-state index in [0.29, 0.717) is 0 Å². The molecule has 0 aliphatic heterocycles. The highest BCUT2D eigenvalue weighted by Crippen LogP contribution is 2.29. The molecule has 1 aromatic carbocycles. The van der Waals surface area contributed by atoms with Gasteiger partial charge in [0.25, 0.3) is 8.05 Å². The van der Waals surface area contributed by atoms with E-state index >= 15 is 0 Å². The Hall–Kier alpha value is -0.955. The smallest absolute Gasteiger partial charge is 0.258 e. The van der Waals surface area contributed by atoms with Gasteiger partial charge < -0.3 is 9.39 Å². The van der Waals surface area contributed by atoms with Gasteiger partial charge in [-0.1, -0.05) is 18.2 Å². The van der Waals surface area contributed by atoms with Gasteiger partial charge in [-0.3, -0.25) is 0 Å². The highest BCUT2D eigenvalue weighted by molar-refractivity contribution is 5.98. The van der Waals surface area contributed by atoms with Crippen molar-refractivity contribution < 1.29 is 9.39 Å². The van der Waals surface area contributed by atoms with E-state index < -0.39 is 0 Å². The highest BCUT2D eigenvalue weighted by Gasteiger charge is 2.38. The number of hydrogen-bond acceptors (Lipinski definition) is 2. The minimum absolute atomic E-state index is 0.331. The molecular formula is C12H19BO2. The quantitative estimate of drug-likeness (QED) is 0.703. The monoisotopic (exact) mass is 206 g/mol. The number of benzene rings is 1. The molecule has 2 nitrogen and oxygen atoms in total. The second-order valence-electron chi connectivity index (χ2n) is 4.64. The summed E-state index contributed by atoms with van der Waals surface area (Å²) in [7, 11) is 1.70. The van der Waals surface area contributed by atoms with Crippen LogP contribution < -0.4 is 4.74 Å². The molecule has 0 heterocycles. The summed E-state index contributed by atoms with van der Waals surface area (Å²) in [6, 6.07) is 9.80. The SMILES string of the molecule is BOC(C)(C)C(C)(C)Oc1ccccc1. The van der Waals surface area contributed by atoms with Crippen LogP contribution in [0.5, 0.6) is 5.75 Å². The molecule has 0 radical (unpaired) electrons. The zero-order valence-corrected chi connectivity index (χ0v) is 10.2. The Morgan fingerprint density at radius 3 is 1.93 bits per heavy atom. The van der Waals surface area contributed by atoms with Crippen molar-refractivity contribution in [3.05, 3.63) is 30.3 Å². The highest BCUT2D eigenvalue weighted by atomic mass is 16.5. The van der Waals surface area contributed by atoms with E-state index in [-0.39, 0.29) is 11.2 Å².